The van der Waals surface area contributed by atoms with E-state index in [0.717, 1.165) is 12.0 Å². The number of benzene rings is 1. The molecule has 0 aliphatic heterocycles. The van der Waals surface area contributed by atoms with Gasteiger partial charge in [0.2, 0.25) is 0 Å². The highest BCUT2D eigenvalue weighted by Crippen LogP contribution is 2.24. The molecule has 0 aromatic heterocycles. The van der Waals surface area contributed by atoms with Crippen LogP contribution in [0.25, 0.3) is 0 Å². The van der Waals surface area contributed by atoms with E-state index in [0.29, 0.717) is 25.7 Å². The Balaban J connectivity index is 2.97. The summed E-state index contributed by atoms with van der Waals surface area (Å²) in [5.74, 6) is -0.621. The topological polar surface area (TPSA) is 66.8 Å². The predicted molar refractivity (Wildman–Crippen MR) is 101 cm³/mol. The fourth-order valence-electron chi connectivity index (χ4n) is 2.53. The Labute approximate surface area is 150 Å². The van der Waals surface area contributed by atoms with Gasteiger partial charge in [-0.05, 0) is 37.8 Å². The monoisotopic (exact) mass is 346 g/mol. The first-order chi connectivity index (χ1) is 12.0. The standard InChI is InChI=1S/C21H30O4/c1-4-7-9-11-16-12-10-14-19(23)20(16)21(24)25-18(13-8-5-2)15-17(22)6-3/h5,7-10,12,14,17-18,22-23H,4,6,11,13,15H2,1-3H3/b8-5+,9-7+. The van der Waals surface area contributed by atoms with Crippen molar-refractivity contribution in [2.24, 2.45) is 0 Å². The number of aromatic hydroxyl groups is 1. The highest BCUT2D eigenvalue weighted by atomic mass is 16.5. The van der Waals surface area contributed by atoms with Crippen LogP contribution in [-0.2, 0) is 11.2 Å². The van der Waals surface area contributed by atoms with Crippen LogP contribution in [0.15, 0.2) is 42.5 Å². The molecule has 0 aliphatic rings. The minimum Gasteiger partial charge on any atom is -0.507 e. The Kier molecular flexibility index (Phi) is 9.63. The van der Waals surface area contributed by atoms with Crippen molar-refractivity contribution < 1.29 is 19.7 Å². The summed E-state index contributed by atoms with van der Waals surface area (Å²) < 4.78 is 5.60. The summed E-state index contributed by atoms with van der Waals surface area (Å²) in [5, 5.41) is 20.0. The number of esters is 1. The van der Waals surface area contributed by atoms with Crippen LogP contribution < -0.4 is 0 Å². The number of carbonyl (C=O) groups is 1. The van der Waals surface area contributed by atoms with E-state index in [9.17, 15) is 15.0 Å². The zero-order valence-corrected chi connectivity index (χ0v) is 15.4. The second-order valence-electron chi connectivity index (χ2n) is 6.02. The van der Waals surface area contributed by atoms with Gasteiger partial charge in [-0.2, -0.15) is 0 Å². The number of carbonyl (C=O) groups excluding carboxylic acids is 1. The van der Waals surface area contributed by atoms with Crippen molar-refractivity contribution in [1.82, 2.24) is 0 Å². The molecule has 1 rings (SSSR count). The zero-order chi connectivity index (χ0) is 18.7. The lowest BCUT2D eigenvalue weighted by Crippen LogP contribution is -2.24. The molecule has 138 valence electrons. The van der Waals surface area contributed by atoms with Crippen LogP contribution in [0.2, 0.25) is 0 Å². The number of hydrogen-bond acceptors (Lipinski definition) is 4. The lowest BCUT2D eigenvalue weighted by Gasteiger charge is -2.20. The quantitative estimate of drug-likeness (QED) is 0.482. The van der Waals surface area contributed by atoms with Crippen LogP contribution in [0.5, 0.6) is 5.75 Å². The van der Waals surface area contributed by atoms with E-state index in [1.54, 1.807) is 6.07 Å². The smallest absolute Gasteiger partial charge is 0.342 e. The first kappa shape index (κ1) is 21.0. The first-order valence-electron chi connectivity index (χ1n) is 8.99. The fraction of sp³-hybridized carbons (Fsp3) is 0.476. The van der Waals surface area contributed by atoms with Crippen molar-refractivity contribution in [2.45, 2.75) is 65.1 Å². The van der Waals surface area contributed by atoms with Crippen LogP contribution in [0.4, 0.5) is 0 Å². The van der Waals surface area contributed by atoms with E-state index in [2.05, 4.69) is 0 Å². The molecule has 1 aromatic carbocycles. The highest BCUT2D eigenvalue weighted by molar-refractivity contribution is 5.94. The molecule has 4 heteroatoms. The molecular formula is C21H30O4. The number of aliphatic hydroxyl groups is 1. The predicted octanol–water partition coefficient (Wildman–Crippen LogP) is 4.55. The summed E-state index contributed by atoms with van der Waals surface area (Å²) in [6.45, 7) is 5.83. The van der Waals surface area contributed by atoms with Crippen molar-refractivity contribution in [1.29, 1.82) is 0 Å². The number of ether oxygens (including phenoxy) is 1. The van der Waals surface area contributed by atoms with Crippen LogP contribution in [-0.4, -0.2) is 28.4 Å². The molecule has 2 N–H and O–H groups in total. The van der Waals surface area contributed by atoms with Crippen LogP contribution in [0.3, 0.4) is 0 Å². The van der Waals surface area contributed by atoms with E-state index in [1.165, 1.54) is 6.07 Å². The molecule has 2 atom stereocenters. The molecule has 0 saturated carbocycles. The molecule has 0 spiro atoms. The average molecular weight is 346 g/mol. The van der Waals surface area contributed by atoms with Gasteiger partial charge in [0.1, 0.15) is 17.4 Å². The fourth-order valence-corrected chi connectivity index (χ4v) is 2.53. The molecule has 0 amide bonds. The molecule has 0 aliphatic carbocycles. The van der Waals surface area contributed by atoms with Gasteiger partial charge in [-0.3, -0.25) is 0 Å². The Morgan fingerprint density at radius 2 is 2.00 bits per heavy atom. The SMILES string of the molecule is C/C=C/CC(CC(O)CC)OC(=O)c1c(O)cccc1C/C=C/CC. The van der Waals surface area contributed by atoms with Gasteiger partial charge in [0, 0.05) is 12.8 Å². The van der Waals surface area contributed by atoms with E-state index < -0.39 is 18.2 Å². The Hall–Kier alpha value is -2.07. The summed E-state index contributed by atoms with van der Waals surface area (Å²) in [5.41, 5.74) is 0.940. The Bertz CT molecular complexity index is 590. The molecule has 4 nitrogen and oxygen atoms in total. The maximum absolute atomic E-state index is 12.7. The molecule has 0 saturated heterocycles. The first-order valence-corrected chi connectivity index (χ1v) is 8.99. The second-order valence-corrected chi connectivity index (χ2v) is 6.02. The van der Waals surface area contributed by atoms with E-state index in [-0.39, 0.29) is 11.3 Å². The van der Waals surface area contributed by atoms with Gasteiger partial charge in [-0.1, -0.05) is 50.3 Å². The third-order valence-corrected chi connectivity index (χ3v) is 3.99. The molecular weight excluding hydrogens is 316 g/mol. The number of rotatable bonds is 10. The maximum Gasteiger partial charge on any atom is 0.342 e. The van der Waals surface area contributed by atoms with Gasteiger partial charge in [0.15, 0.2) is 0 Å². The summed E-state index contributed by atoms with van der Waals surface area (Å²) in [4.78, 5) is 12.7. The third kappa shape index (κ3) is 7.14. The number of hydrogen-bond donors (Lipinski definition) is 2. The van der Waals surface area contributed by atoms with Crippen molar-refractivity contribution in [3.8, 4) is 5.75 Å². The minimum atomic E-state index is -0.546. The maximum atomic E-state index is 12.7. The normalized spacial score (nSPS) is 14.1. The van der Waals surface area contributed by atoms with Gasteiger partial charge < -0.3 is 14.9 Å². The Morgan fingerprint density at radius 3 is 2.64 bits per heavy atom. The Morgan fingerprint density at radius 1 is 1.24 bits per heavy atom. The molecule has 0 bridgehead atoms. The van der Waals surface area contributed by atoms with Crippen molar-refractivity contribution in [3.63, 3.8) is 0 Å². The van der Waals surface area contributed by atoms with Gasteiger partial charge in [0.05, 0.1) is 6.10 Å². The highest BCUT2D eigenvalue weighted by Gasteiger charge is 2.22. The lowest BCUT2D eigenvalue weighted by atomic mass is 10.0. The van der Waals surface area contributed by atoms with Gasteiger partial charge in [-0.25, -0.2) is 4.79 Å². The largest absolute Gasteiger partial charge is 0.507 e. The summed E-state index contributed by atoms with van der Waals surface area (Å²) in [6.07, 6.45) is 9.86. The van der Waals surface area contributed by atoms with E-state index in [4.69, 9.17) is 4.74 Å². The number of allylic oxidation sites excluding steroid dienone is 3. The summed E-state index contributed by atoms with van der Waals surface area (Å²) >= 11 is 0. The van der Waals surface area contributed by atoms with Gasteiger partial charge in [-0.15, -0.1) is 0 Å². The van der Waals surface area contributed by atoms with Crippen molar-refractivity contribution in [2.75, 3.05) is 0 Å². The van der Waals surface area contributed by atoms with Crippen LogP contribution >= 0.6 is 0 Å². The van der Waals surface area contributed by atoms with E-state index in [1.807, 2.05) is 51.1 Å². The van der Waals surface area contributed by atoms with E-state index >= 15 is 0 Å². The molecule has 1 aromatic rings. The summed E-state index contributed by atoms with van der Waals surface area (Å²) in [6, 6.07) is 5.03. The second kappa shape index (κ2) is 11.5. The van der Waals surface area contributed by atoms with Crippen molar-refractivity contribution in [3.05, 3.63) is 53.6 Å². The summed E-state index contributed by atoms with van der Waals surface area (Å²) in [7, 11) is 0. The van der Waals surface area contributed by atoms with Crippen molar-refractivity contribution >= 4 is 5.97 Å². The molecule has 0 fully saturated rings. The molecule has 0 heterocycles. The van der Waals surface area contributed by atoms with Crippen LogP contribution in [0, 0.1) is 0 Å². The zero-order valence-electron chi connectivity index (χ0n) is 15.4. The number of phenols is 1. The third-order valence-electron chi connectivity index (χ3n) is 3.99. The van der Waals surface area contributed by atoms with Gasteiger partial charge >= 0.3 is 5.97 Å². The lowest BCUT2D eigenvalue weighted by molar-refractivity contribution is 0.0149. The molecule has 25 heavy (non-hydrogen) atoms. The molecule has 0 radical (unpaired) electrons. The van der Waals surface area contributed by atoms with Crippen LogP contribution in [0.1, 0.15) is 62.4 Å². The minimum absolute atomic E-state index is 0.0757. The average Bonchev–Trinajstić information content (AvgIpc) is 2.59. The number of aliphatic hydroxyl groups excluding tert-OH is 1. The molecule has 2 unspecified atom stereocenters. The van der Waals surface area contributed by atoms with Gasteiger partial charge in [0.25, 0.3) is 0 Å². The number of phenolic OH excluding ortho intramolecular Hbond substituents is 1.